The van der Waals surface area contributed by atoms with Crippen LogP contribution in [-0.2, 0) is 0 Å². The molecule has 70 valence electrons. The molecule has 0 radical (unpaired) electrons. The smallest absolute Gasteiger partial charge is 0.239 e. The predicted molar refractivity (Wildman–Crippen MR) is 53.3 cm³/mol. The summed E-state index contributed by atoms with van der Waals surface area (Å²) in [6.45, 7) is 4.38. The summed E-state index contributed by atoms with van der Waals surface area (Å²) >= 11 is 0. The van der Waals surface area contributed by atoms with Crippen LogP contribution in [0, 0.1) is 0 Å². The Morgan fingerprint density at radius 3 is 3.15 bits per heavy atom. The van der Waals surface area contributed by atoms with Crippen molar-refractivity contribution in [1.29, 1.82) is 0 Å². The van der Waals surface area contributed by atoms with Crippen molar-refractivity contribution < 1.29 is 0 Å². The van der Waals surface area contributed by atoms with Crippen molar-refractivity contribution >= 4 is 11.8 Å². The zero-order valence-corrected chi connectivity index (χ0v) is 7.57. The van der Waals surface area contributed by atoms with Crippen molar-refractivity contribution in [3.8, 4) is 0 Å². The number of nitrogens with one attached hydrogen (secondary N) is 1. The minimum atomic E-state index is 0.411. The Morgan fingerprint density at radius 2 is 2.54 bits per heavy atom. The molecular formula is C8H13N5. The lowest BCUT2D eigenvalue weighted by Gasteiger charge is -2.15. The number of aromatic nitrogens is 2. The van der Waals surface area contributed by atoms with Gasteiger partial charge in [-0.25, -0.2) is 10.8 Å². The van der Waals surface area contributed by atoms with Gasteiger partial charge in [0.05, 0.1) is 0 Å². The lowest BCUT2D eigenvalue weighted by atomic mass is 10.5. The largest absolute Gasteiger partial charge is 0.356 e. The van der Waals surface area contributed by atoms with E-state index in [-0.39, 0.29) is 0 Å². The van der Waals surface area contributed by atoms with Crippen LogP contribution < -0.4 is 16.2 Å². The van der Waals surface area contributed by atoms with E-state index in [4.69, 9.17) is 5.84 Å². The van der Waals surface area contributed by atoms with E-state index in [2.05, 4.69) is 22.0 Å². The molecule has 3 N–H and O–H groups in total. The number of anilines is 2. The lowest BCUT2D eigenvalue weighted by molar-refractivity contribution is 0.973. The van der Waals surface area contributed by atoms with Crippen LogP contribution in [-0.4, -0.2) is 23.6 Å². The maximum atomic E-state index is 5.18. The topological polar surface area (TPSA) is 67.1 Å². The second-order valence-corrected chi connectivity index (χ2v) is 2.55. The van der Waals surface area contributed by atoms with Crippen LogP contribution in [0.3, 0.4) is 0 Å². The first-order valence-electron chi connectivity index (χ1n) is 3.89. The van der Waals surface area contributed by atoms with Crippen molar-refractivity contribution in [1.82, 2.24) is 9.97 Å². The quantitative estimate of drug-likeness (QED) is 0.397. The van der Waals surface area contributed by atoms with Gasteiger partial charge < -0.3 is 4.90 Å². The van der Waals surface area contributed by atoms with Crippen LogP contribution in [0.4, 0.5) is 11.8 Å². The Balaban J connectivity index is 2.81. The van der Waals surface area contributed by atoms with Crippen molar-refractivity contribution in [2.75, 3.05) is 23.9 Å². The molecular weight excluding hydrogens is 166 g/mol. The van der Waals surface area contributed by atoms with Crippen molar-refractivity contribution in [3.05, 3.63) is 24.9 Å². The molecule has 0 amide bonds. The van der Waals surface area contributed by atoms with Gasteiger partial charge in [0.2, 0.25) is 5.95 Å². The summed E-state index contributed by atoms with van der Waals surface area (Å²) in [4.78, 5) is 9.98. The molecule has 0 fully saturated rings. The number of hydrogen-bond acceptors (Lipinski definition) is 5. The van der Waals surface area contributed by atoms with Gasteiger partial charge in [0, 0.05) is 19.8 Å². The summed E-state index contributed by atoms with van der Waals surface area (Å²) in [5.41, 5.74) is 2.39. The number of hydrazine groups is 1. The fourth-order valence-electron chi connectivity index (χ4n) is 0.918. The maximum Gasteiger partial charge on any atom is 0.239 e. The van der Waals surface area contributed by atoms with E-state index in [0.717, 1.165) is 12.4 Å². The molecule has 5 nitrogen and oxygen atoms in total. The minimum Gasteiger partial charge on any atom is -0.356 e. The summed E-state index contributed by atoms with van der Waals surface area (Å²) in [6.07, 6.45) is 3.45. The van der Waals surface area contributed by atoms with Gasteiger partial charge in [0.15, 0.2) is 0 Å². The fraction of sp³-hybridized carbons (Fsp3) is 0.250. The fourth-order valence-corrected chi connectivity index (χ4v) is 0.918. The van der Waals surface area contributed by atoms with Gasteiger partial charge in [-0.1, -0.05) is 6.08 Å². The molecule has 5 heteroatoms. The molecule has 0 saturated carbocycles. The third-order valence-corrected chi connectivity index (χ3v) is 1.56. The first kappa shape index (κ1) is 9.47. The van der Waals surface area contributed by atoms with Crippen molar-refractivity contribution in [2.45, 2.75) is 0 Å². The molecule has 0 aliphatic heterocycles. The molecule has 1 aromatic rings. The van der Waals surface area contributed by atoms with E-state index in [0.29, 0.717) is 5.95 Å². The molecule has 0 saturated heterocycles. The first-order valence-corrected chi connectivity index (χ1v) is 3.89. The lowest BCUT2D eigenvalue weighted by Crippen LogP contribution is -2.19. The second-order valence-electron chi connectivity index (χ2n) is 2.55. The van der Waals surface area contributed by atoms with Crippen LogP contribution >= 0.6 is 0 Å². The number of likely N-dealkylation sites (N-methyl/N-ethyl adjacent to an activating group) is 1. The normalized spacial score (nSPS) is 9.38. The Bertz CT molecular complexity index is 286. The maximum absolute atomic E-state index is 5.18. The molecule has 0 aliphatic rings. The third-order valence-electron chi connectivity index (χ3n) is 1.56. The Hall–Kier alpha value is -1.62. The highest BCUT2D eigenvalue weighted by molar-refractivity contribution is 5.41. The van der Waals surface area contributed by atoms with E-state index in [1.165, 1.54) is 0 Å². The molecule has 1 rings (SSSR count). The highest BCUT2D eigenvalue weighted by Crippen LogP contribution is 2.08. The number of nitrogens with two attached hydrogens (primary N) is 1. The molecule has 0 spiro atoms. The average molecular weight is 179 g/mol. The van der Waals surface area contributed by atoms with Crippen LogP contribution in [0.1, 0.15) is 0 Å². The standard InChI is InChI=1S/C8H13N5/c1-3-6-13(2)7-4-5-10-8(11-7)12-9/h3-5H,1,6,9H2,2H3,(H,10,11,12). The van der Waals surface area contributed by atoms with Gasteiger partial charge >= 0.3 is 0 Å². The second kappa shape index (κ2) is 4.42. The molecule has 0 unspecified atom stereocenters. The van der Waals surface area contributed by atoms with Crippen LogP contribution in [0.15, 0.2) is 24.9 Å². The van der Waals surface area contributed by atoms with Gasteiger partial charge in [-0.3, -0.25) is 5.43 Å². The Kier molecular flexibility index (Phi) is 3.22. The van der Waals surface area contributed by atoms with E-state index >= 15 is 0 Å². The highest BCUT2D eigenvalue weighted by atomic mass is 15.3. The van der Waals surface area contributed by atoms with E-state index in [1.807, 2.05) is 18.0 Å². The number of nitrogens with zero attached hydrogens (tertiary/aromatic N) is 3. The van der Waals surface area contributed by atoms with Crippen molar-refractivity contribution in [2.24, 2.45) is 5.84 Å². The van der Waals surface area contributed by atoms with Gasteiger partial charge in [-0.05, 0) is 6.07 Å². The summed E-state index contributed by atoms with van der Waals surface area (Å²) in [7, 11) is 1.92. The monoisotopic (exact) mass is 179 g/mol. The molecule has 13 heavy (non-hydrogen) atoms. The highest BCUT2D eigenvalue weighted by Gasteiger charge is 2.00. The van der Waals surface area contributed by atoms with Crippen LogP contribution in [0.25, 0.3) is 0 Å². The van der Waals surface area contributed by atoms with Gasteiger partial charge in [-0.2, -0.15) is 4.98 Å². The first-order chi connectivity index (χ1) is 6.27. The number of rotatable bonds is 4. The molecule has 1 heterocycles. The Morgan fingerprint density at radius 1 is 1.77 bits per heavy atom. The van der Waals surface area contributed by atoms with Gasteiger partial charge in [0.1, 0.15) is 5.82 Å². The molecule has 0 aromatic carbocycles. The van der Waals surface area contributed by atoms with E-state index in [1.54, 1.807) is 12.3 Å². The van der Waals surface area contributed by atoms with E-state index in [9.17, 15) is 0 Å². The molecule has 1 aromatic heterocycles. The Labute approximate surface area is 77.3 Å². The van der Waals surface area contributed by atoms with Crippen LogP contribution in [0.2, 0.25) is 0 Å². The minimum absolute atomic E-state index is 0.411. The van der Waals surface area contributed by atoms with Gasteiger partial charge in [0.25, 0.3) is 0 Å². The van der Waals surface area contributed by atoms with Gasteiger partial charge in [-0.15, -0.1) is 6.58 Å². The SMILES string of the molecule is C=CCN(C)c1ccnc(NN)n1. The molecule has 0 bridgehead atoms. The zero-order valence-electron chi connectivity index (χ0n) is 7.57. The summed E-state index contributed by atoms with van der Waals surface area (Å²) < 4.78 is 0. The molecule has 0 atom stereocenters. The molecule has 0 aliphatic carbocycles. The average Bonchev–Trinajstić information content (AvgIpc) is 2.18. The van der Waals surface area contributed by atoms with E-state index < -0.39 is 0 Å². The summed E-state index contributed by atoms with van der Waals surface area (Å²) in [6, 6.07) is 1.81. The third kappa shape index (κ3) is 2.41. The summed E-state index contributed by atoms with van der Waals surface area (Å²) in [5.74, 6) is 6.40. The zero-order chi connectivity index (χ0) is 9.68. The van der Waals surface area contributed by atoms with Crippen LogP contribution in [0.5, 0.6) is 0 Å². The predicted octanol–water partition coefficient (Wildman–Crippen LogP) is 0.384. The number of nitrogen functional groups attached to an aromatic ring is 1. The summed E-state index contributed by atoms with van der Waals surface area (Å²) in [5, 5.41) is 0. The number of hydrogen-bond donors (Lipinski definition) is 2. The van der Waals surface area contributed by atoms with Crippen molar-refractivity contribution in [3.63, 3.8) is 0 Å².